The van der Waals surface area contributed by atoms with Crippen LogP contribution in [0.3, 0.4) is 0 Å². The number of benzene rings is 1. The molecule has 0 atom stereocenters. The minimum atomic E-state index is 0.181. The van der Waals surface area contributed by atoms with Crippen LogP contribution in [0.2, 0.25) is 0 Å². The van der Waals surface area contributed by atoms with Crippen molar-refractivity contribution >= 4 is 6.29 Å². The van der Waals surface area contributed by atoms with Gasteiger partial charge in [-0.05, 0) is 37.1 Å². The second kappa shape index (κ2) is 7.01. The maximum absolute atomic E-state index is 10.0. The number of hydrogen-bond donors (Lipinski definition) is 2. The summed E-state index contributed by atoms with van der Waals surface area (Å²) in [6.45, 7) is 0. The summed E-state index contributed by atoms with van der Waals surface area (Å²) in [5.41, 5.74) is 6.21. The summed E-state index contributed by atoms with van der Waals surface area (Å²) in [5.74, 6) is 0.181. The maximum atomic E-state index is 10.0. The van der Waals surface area contributed by atoms with Gasteiger partial charge in [0.25, 0.3) is 0 Å². The average Bonchev–Trinajstić information content (AvgIpc) is 2.32. The monoisotopic (exact) mass is 221 g/mol. The standard InChI is InChI=1S/C7H6O2.C6H13N/c8-5-6-1-3-7(9)4-2-6;7-6-4-2-1-3-5-6/h1-5,9H;6H,1-5,7H2. The molecule has 0 unspecified atom stereocenters. The molecular weight excluding hydrogens is 202 g/mol. The lowest BCUT2D eigenvalue weighted by Crippen LogP contribution is -2.22. The lowest BCUT2D eigenvalue weighted by atomic mass is 9.97. The van der Waals surface area contributed by atoms with Crippen LogP contribution in [0.25, 0.3) is 0 Å². The summed E-state index contributed by atoms with van der Waals surface area (Å²) in [6, 6.07) is 6.60. The molecule has 88 valence electrons. The smallest absolute Gasteiger partial charge is 0.150 e. The van der Waals surface area contributed by atoms with Gasteiger partial charge in [0.2, 0.25) is 0 Å². The Hall–Kier alpha value is -1.35. The molecular formula is C13H19NO2. The fourth-order valence-electron chi connectivity index (χ4n) is 1.69. The predicted octanol–water partition coefficient (Wildman–Crippen LogP) is 2.48. The van der Waals surface area contributed by atoms with E-state index >= 15 is 0 Å². The van der Waals surface area contributed by atoms with E-state index in [-0.39, 0.29) is 5.75 Å². The number of carbonyl (C=O) groups excluding carboxylic acids is 1. The second-order valence-corrected chi connectivity index (χ2v) is 4.11. The predicted molar refractivity (Wildman–Crippen MR) is 64.6 cm³/mol. The van der Waals surface area contributed by atoms with Crippen LogP contribution in [0.15, 0.2) is 24.3 Å². The Morgan fingerprint density at radius 3 is 2.06 bits per heavy atom. The van der Waals surface area contributed by atoms with Crippen LogP contribution >= 0.6 is 0 Å². The van der Waals surface area contributed by atoms with Crippen molar-refractivity contribution in [2.75, 3.05) is 0 Å². The Bertz CT molecular complexity index is 302. The number of phenols is 1. The van der Waals surface area contributed by atoms with Crippen molar-refractivity contribution < 1.29 is 9.90 Å². The molecule has 0 heterocycles. The van der Waals surface area contributed by atoms with Crippen molar-refractivity contribution in [3.05, 3.63) is 29.8 Å². The average molecular weight is 221 g/mol. The third-order valence-electron chi connectivity index (χ3n) is 2.68. The Morgan fingerprint density at radius 1 is 1.12 bits per heavy atom. The third kappa shape index (κ3) is 4.94. The lowest BCUT2D eigenvalue weighted by molar-refractivity contribution is 0.112. The summed E-state index contributed by atoms with van der Waals surface area (Å²) < 4.78 is 0. The van der Waals surface area contributed by atoms with E-state index in [0.717, 1.165) is 6.29 Å². The van der Waals surface area contributed by atoms with Crippen LogP contribution in [-0.4, -0.2) is 17.4 Å². The van der Waals surface area contributed by atoms with E-state index in [1.54, 1.807) is 12.1 Å². The van der Waals surface area contributed by atoms with Gasteiger partial charge in [-0.1, -0.05) is 19.3 Å². The van der Waals surface area contributed by atoms with E-state index in [2.05, 4.69) is 0 Å². The Labute approximate surface area is 96.3 Å². The summed E-state index contributed by atoms with van der Waals surface area (Å²) in [6.07, 6.45) is 7.40. The van der Waals surface area contributed by atoms with Crippen molar-refractivity contribution in [1.82, 2.24) is 0 Å². The van der Waals surface area contributed by atoms with Crippen molar-refractivity contribution in [3.8, 4) is 5.75 Å². The molecule has 0 radical (unpaired) electrons. The minimum Gasteiger partial charge on any atom is -0.508 e. The van der Waals surface area contributed by atoms with Gasteiger partial charge in [0.15, 0.2) is 0 Å². The van der Waals surface area contributed by atoms with Gasteiger partial charge in [0.1, 0.15) is 12.0 Å². The maximum Gasteiger partial charge on any atom is 0.150 e. The number of carbonyl (C=O) groups is 1. The number of nitrogens with two attached hydrogens (primary N) is 1. The summed E-state index contributed by atoms with van der Waals surface area (Å²) >= 11 is 0. The van der Waals surface area contributed by atoms with E-state index in [1.807, 2.05) is 0 Å². The molecule has 0 aromatic heterocycles. The molecule has 3 nitrogen and oxygen atoms in total. The van der Waals surface area contributed by atoms with Crippen LogP contribution in [0, 0.1) is 0 Å². The van der Waals surface area contributed by atoms with Gasteiger partial charge in [0.05, 0.1) is 0 Å². The van der Waals surface area contributed by atoms with Gasteiger partial charge in [-0.3, -0.25) is 4.79 Å². The van der Waals surface area contributed by atoms with Crippen molar-refractivity contribution in [2.45, 2.75) is 38.1 Å². The van der Waals surface area contributed by atoms with E-state index in [0.29, 0.717) is 11.6 Å². The molecule has 3 heteroatoms. The Morgan fingerprint density at radius 2 is 1.69 bits per heavy atom. The molecule has 0 bridgehead atoms. The van der Waals surface area contributed by atoms with Gasteiger partial charge in [-0.2, -0.15) is 0 Å². The number of rotatable bonds is 1. The molecule has 0 aliphatic heterocycles. The van der Waals surface area contributed by atoms with E-state index in [9.17, 15) is 4.79 Å². The van der Waals surface area contributed by atoms with Gasteiger partial charge in [-0.25, -0.2) is 0 Å². The van der Waals surface area contributed by atoms with Gasteiger partial charge in [-0.15, -0.1) is 0 Å². The molecule has 2 rings (SSSR count). The molecule has 3 N–H and O–H groups in total. The van der Waals surface area contributed by atoms with Crippen LogP contribution in [0.1, 0.15) is 42.5 Å². The molecule has 16 heavy (non-hydrogen) atoms. The SMILES string of the molecule is NC1CCCCC1.O=Cc1ccc(O)cc1. The fourth-order valence-corrected chi connectivity index (χ4v) is 1.69. The second-order valence-electron chi connectivity index (χ2n) is 4.11. The molecule has 0 saturated heterocycles. The van der Waals surface area contributed by atoms with Crippen LogP contribution in [0.4, 0.5) is 0 Å². The quantitative estimate of drug-likeness (QED) is 0.716. The first-order valence-corrected chi connectivity index (χ1v) is 5.72. The molecule has 1 aliphatic carbocycles. The third-order valence-corrected chi connectivity index (χ3v) is 2.68. The Balaban J connectivity index is 0.000000165. The van der Waals surface area contributed by atoms with Crippen LogP contribution in [0.5, 0.6) is 5.75 Å². The Kier molecular flexibility index (Phi) is 5.57. The number of hydrogen-bond acceptors (Lipinski definition) is 3. The van der Waals surface area contributed by atoms with Crippen molar-refractivity contribution in [2.24, 2.45) is 5.73 Å². The highest BCUT2D eigenvalue weighted by atomic mass is 16.3. The molecule has 1 aromatic carbocycles. The first-order chi connectivity index (χ1) is 7.72. The van der Waals surface area contributed by atoms with Crippen LogP contribution in [-0.2, 0) is 0 Å². The molecule has 1 aliphatic rings. The summed E-state index contributed by atoms with van der Waals surface area (Å²) in [4.78, 5) is 10.0. The lowest BCUT2D eigenvalue weighted by Gasteiger charge is -2.15. The summed E-state index contributed by atoms with van der Waals surface area (Å²) in [5, 5.41) is 8.74. The first kappa shape index (κ1) is 12.7. The highest BCUT2D eigenvalue weighted by Gasteiger charge is 2.06. The van der Waals surface area contributed by atoms with E-state index in [1.165, 1.54) is 44.2 Å². The van der Waals surface area contributed by atoms with Crippen molar-refractivity contribution in [3.63, 3.8) is 0 Å². The van der Waals surface area contributed by atoms with Gasteiger partial charge in [0, 0.05) is 11.6 Å². The summed E-state index contributed by atoms with van der Waals surface area (Å²) in [7, 11) is 0. The number of aromatic hydroxyl groups is 1. The van der Waals surface area contributed by atoms with E-state index in [4.69, 9.17) is 10.8 Å². The zero-order valence-corrected chi connectivity index (χ0v) is 9.43. The highest BCUT2D eigenvalue weighted by Crippen LogP contribution is 2.14. The molecule has 0 amide bonds. The zero-order valence-electron chi connectivity index (χ0n) is 9.43. The van der Waals surface area contributed by atoms with Crippen LogP contribution < -0.4 is 5.73 Å². The van der Waals surface area contributed by atoms with Gasteiger partial charge < -0.3 is 10.8 Å². The fraction of sp³-hybridized carbons (Fsp3) is 0.462. The molecule has 1 saturated carbocycles. The zero-order chi connectivity index (χ0) is 11.8. The molecule has 1 aromatic rings. The first-order valence-electron chi connectivity index (χ1n) is 5.72. The normalized spacial score (nSPS) is 16.1. The van der Waals surface area contributed by atoms with E-state index < -0.39 is 0 Å². The topological polar surface area (TPSA) is 63.3 Å². The van der Waals surface area contributed by atoms with Crippen molar-refractivity contribution in [1.29, 1.82) is 0 Å². The minimum absolute atomic E-state index is 0.181. The van der Waals surface area contributed by atoms with Gasteiger partial charge >= 0.3 is 0 Å². The molecule has 1 fully saturated rings. The largest absolute Gasteiger partial charge is 0.508 e. The number of aldehydes is 1. The number of phenolic OH excluding ortho intramolecular Hbond substituents is 1. The molecule has 0 spiro atoms. The highest BCUT2D eigenvalue weighted by molar-refractivity contribution is 5.74.